The van der Waals surface area contributed by atoms with Gasteiger partial charge in [0.1, 0.15) is 23.0 Å². The number of nitro groups is 1. The van der Waals surface area contributed by atoms with Crippen LogP contribution in [-0.4, -0.2) is 30.8 Å². The Morgan fingerprint density at radius 1 is 1.03 bits per heavy atom. The van der Waals surface area contributed by atoms with Crippen molar-refractivity contribution in [3.8, 4) is 33.9 Å². The van der Waals surface area contributed by atoms with Crippen molar-refractivity contribution >= 4 is 17.8 Å². The van der Waals surface area contributed by atoms with Crippen LogP contribution in [0.2, 0.25) is 0 Å². The van der Waals surface area contributed by atoms with Gasteiger partial charge < -0.3 is 13.9 Å². The van der Waals surface area contributed by atoms with Crippen molar-refractivity contribution < 1.29 is 23.6 Å². The van der Waals surface area contributed by atoms with Gasteiger partial charge in [0.05, 0.1) is 29.9 Å². The molecule has 0 bridgehead atoms. The third-order valence-electron chi connectivity index (χ3n) is 5.00. The van der Waals surface area contributed by atoms with Gasteiger partial charge in [0, 0.05) is 6.07 Å². The van der Waals surface area contributed by atoms with Gasteiger partial charge in [0.25, 0.3) is 11.6 Å². The van der Waals surface area contributed by atoms with E-state index in [1.165, 1.54) is 25.5 Å². The second kappa shape index (κ2) is 10.8. The van der Waals surface area contributed by atoms with Crippen LogP contribution in [0.1, 0.15) is 5.76 Å². The van der Waals surface area contributed by atoms with Gasteiger partial charge >= 0.3 is 0 Å². The van der Waals surface area contributed by atoms with Crippen molar-refractivity contribution in [2.75, 3.05) is 13.7 Å². The molecule has 0 unspecified atom stereocenters. The SMILES string of the molecule is COc1cc([N+](=O)[O-])ccc1-c1ccc(C=NNC(=O)COc2ccc(-c3ccccc3)cc2)o1. The van der Waals surface area contributed by atoms with E-state index in [-0.39, 0.29) is 12.3 Å². The van der Waals surface area contributed by atoms with E-state index in [1.807, 2.05) is 42.5 Å². The van der Waals surface area contributed by atoms with E-state index >= 15 is 0 Å². The van der Waals surface area contributed by atoms with Crippen molar-refractivity contribution in [3.05, 3.63) is 101 Å². The molecule has 0 saturated heterocycles. The van der Waals surface area contributed by atoms with Crippen LogP contribution in [-0.2, 0) is 4.79 Å². The molecule has 0 spiro atoms. The van der Waals surface area contributed by atoms with Crippen LogP contribution in [0.4, 0.5) is 5.69 Å². The minimum Gasteiger partial charge on any atom is -0.496 e. The molecule has 0 fully saturated rings. The summed E-state index contributed by atoms with van der Waals surface area (Å²) in [6.07, 6.45) is 1.34. The molecule has 9 nitrogen and oxygen atoms in total. The maximum absolute atomic E-state index is 12.0. The maximum Gasteiger partial charge on any atom is 0.277 e. The zero-order chi connectivity index (χ0) is 24.6. The Labute approximate surface area is 200 Å². The summed E-state index contributed by atoms with van der Waals surface area (Å²) in [5, 5.41) is 14.8. The first-order chi connectivity index (χ1) is 17.0. The number of carbonyl (C=O) groups is 1. The quantitative estimate of drug-likeness (QED) is 0.207. The van der Waals surface area contributed by atoms with Crippen LogP contribution in [0.3, 0.4) is 0 Å². The van der Waals surface area contributed by atoms with Gasteiger partial charge in [0.15, 0.2) is 6.61 Å². The Morgan fingerprint density at radius 2 is 1.77 bits per heavy atom. The average molecular weight is 471 g/mol. The molecule has 35 heavy (non-hydrogen) atoms. The third-order valence-corrected chi connectivity index (χ3v) is 5.00. The van der Waals surface area contributed by atoms with Gasteiger partial charge in [-0.3, -0.25) is 14.9 Å². The standard InChI is InChI=1S/C26H21N3O6/c1-33-25-15-20(29(31)32)9-13-23(25)24-14-12-22(35-24)16-27-28-26(30)17-34-21-10-7-19(8-11-21)18-5-3-2-4-6-18/h2-16H,17H2,1H3,(H,28,30). The average Bonchev–Trinajstić information content (AvgIpc) is 3.36. The second-order valence-corrected chi connectivity index (χ2v) is 7.32. The molecule has 1 N–H and O–H groups in total. The summed E-state index contributed by atoms with van der Waals surface area (Å²) in [4.78, 5) is 22.5. The molecule has 0 aliphatic heterocycles. The van der Waals surface area contributed by atoms with Crippen LogP contribution in [0.5, 0.6) is 11.5 Å². The molecule has 0 radical (unpaired) electrons. The van der Waals surface area contributed by atoms with Gasteiger partial charge in [0.2, 0.25) is 0 Å². The maximum atomic E-state index is 12.0. The highest BCUT2D eigenvalue weighted by atomic mass is 16.6. The molecule has 176 valence electrons. The number of nitrogens with one attached hydrogen (secondary N) is 1. The highest BCUT2D eigenvalue weighted by Gasteiger charge is 2.15. The van der Waals surface area contributed by atoms with Crippen molar-refractivity contribution in [3.63, 3.8) is 0 Å². The number of methoxy groups -OCH3 is 1. The molecule has 0 aliphatic rings. The van der Waals surface area contributed by atoms with E-state index in [9.17, 15) is 14.9 Å². The summed E-state index contributed by atoms with van der Waals surface area (Å²) < 4.78 is 16.4. The van der Waals surface area contributed by atoms with Crippen molar-refractivity contribution in [2.45, 2.75) is 0 Å². The van der Waals surface area contributed by atoms with Gasteiger partial charge in [-0.05, 0) is 41.5 Å². The first kappa shape index (κ1) is 23.2. The van der Waals surface area contributed by atoms with Gasteiger partial charge in [-0.2, -0.15) is 5.10 Å². The topological polar surface area (TPSA) is 116 Å². The first-order valence-corrected chi connectivity index (χ1v) is 10.6. The predicted octanol–water partition coefficient (Wildman–Crippen LogP) is 5.06. The predicted molar refractivity (Wildman–Crippen MR) is 130 cm³/mol. The monoisotopic (exact) mass is 471 g/mol. The molecular weight excluding hydrogens is 450 g/mol. The van der Waals surface area contributed by atoms with E-state index in [2.05, 4.69) is 10.5 Å². The number of hydrogen-bond acceptors (Lipinski definition) is 7. The van der Waals surface area contributed by atoms with Crippen molar-refractivity contribution in [1.29, 1.82) is 0 Å². The fourth-order valence-corrected chi connectivity index (χ4v) is 3.29. The summed E-state index contributed by atoms with van der Waals surface area (Å²) in [7, 11) is 1.42. The minimum absolute atomic E-state index is 0.0870. The van der Waals surface area contributed by atoms with Crippen molar-refractivity contribution in [1.82, 2.24) is 5.43 Å². The third kappa shape index (κ3) is 5.91. The van der Waals surface area contributed by atoms with E-state index in [0.29, 0.717) is 28.6 Å². The lowest BCUT2D eigenvalue weighted by Crippen LogP contribution is -2.24. The number of rotatable bonds is 9. The molecule has 4 aromatic rings. The fourth-order valence-electron chi connectivity index (χ4n) is 3.29. The number of ether oxygens (including phenoxy) is 2. The molecular formula is C26H21N3O6. The van der Waals surface area contributed by atoms with Crippen LogP contribution in [0, 0.1) is 10.1 Å². The highest BCUT2D eigenvalue weighted by molar-refractivity contribution is 5.82. The Kier molecular flexibility index (Phi) is 7.17. The summed E-state index contributed by atoms with van der Waals surface area (Å²) in [6.45, 7) is -0.203. The summed E-state index contributed by atoms with van der Waals surface area (Å²) >= 11 is 0. The Hall–Kier alpha value is -4.92. The summed E-state index contributed by atoms with van der Waals surface area (Å²) in [5.74, 6) is 1.25. The molecule has 1 aromatic heterocycles. The number of nitrogens with zero attached hydrogens (tertiary/aromatic N) is 2. The van der Waals surface area contributed by atoms with Crippen LogP contribution in [0.25, 0.3) is 22.5 Å². The zero-order valence-electron chi connectivity index (χ0n) is 18.7. The molecule has 3 aromatic carbocycles. The lowest BCUT2D eigenvalue weighted by molar-refractivity contribution is -0.384. The molecule has 9 heteroatoms. The Bertz CT molecular complexity index is 1350. The number of carbonyl (C=O) groups excluding carboxylic acids is 1. The minimum atomic E-state index is -0.501. The molecule has 0 aliphatic carbocycles. The number of hydrogen-bond donors (Lipinski definition) is 1. The number of benzene rings is 3. The van der Waals surface area contributed by atoms with E-state index < -0.39 is 10.8 Å². The van der Waals surface area contributed by atoms with E-state index in [0.717, 1.165) is 11.1 Å². The molecule has 0 saturated carbocycles. The Morgan fingerprint density at radius 3 is 2.49 bits per heavy atom. The smallest absolute Gasteiger partial charge is 0.277 e. The van der Waals surface area contributed by atoms with E-state index in [1.54, 1.807) is 30.3 Å². The lowest BCUT2D eigenvalue weighted by Gasteiger charge is -2.06. The summed E-state index contributed by atoms with van der Waals surface area (Å²) in [5.41, 5.74) is 4.99. The van der Waals surface area contributed by atoms with Gasteiger partial charge in [-0.25, -0.2) is 5.43 Å². The number of non-ortho nitro benzene ring substituents is 1. The molecule has 4 rings (SSSR count). The van der Waals surface area contributed by atoms with E-state index in [4.69, 9.17) is 13.9 Å². The van der Waals surface area contributed by atoms with Gasteiger partial charge in [-0.1, -0.05) is 42.5 Å². The number of amides is 1. The number of hydrazone groups is 1. The first-order valence-electron chi connectivity index (χ1n) is 10.6. The zero-order valence-corrected chi connectivity index (χ0v) is 18.7. The number of nitro benzene ring substituents is 1. The normalized spacial score (nSPS) is 10.8. The second-order valence-electron chi connectivity index (χ2n) is 7.32. The molecule has 1 heterocycles. The molecule has 0 atom stereocenters. The Balaban J connectivity index is 1.30. The van der Waals surface area contributed by atoms with Crippen LogP contribution in [0.15, 0.2) is 94.4 Å². The number of furan rings is 1. The fraction of sp³-hybridized carbons (Fsp3) is 0.0769. The largest absolute Gasteiger partial charge is 0.496 e. The van der Waals surface area contributed by atoms with Crippen LogP contribution >= 0.6 is 0 Å². The van der Waals surface area contributed by atoms with Gasteiger partial charge in [-0.15, -0.1) is 0 Å². The lowest BCUT2D eigenvalue weighted by atomic mass is 10.1. The summed E-state index contributed by atoms with van der Waals surface area (Å²) in [6, 6.07) is 25.0. The van der Waals surface area contributed by atoms with Crippen molar-refractivity contribution in [2.24, 2.45) is 5.10 Å². The van der Waals surface area contributed by atoms with Crippen LogP contribution < -0.4 is 14.9 Å². The highest BCUT2D eigenvalue weighted by Crippen LogP contribution is 2.34. The molecule has 1 amide bonds.